The van der Waals surface area contributed by atoms with E-state index in [2.05, 4.69) is 0 Å². The number of carbonyl (C=O) groups is 2. The predicted octanol–water partition coefficient (Wildman–Crippen LogP) is 2.26. The Hall–Kier alpha value is -0.910. The molecule has 0 spiro atoms. The molecule has 0 aromatic heterocycles. The molecule has 2 rings (SSSR count). The summed E-state index contributed by atoms with van der Waals surface area (Å²) >= 11 is 1.74. The monoisotopic (exact) mass is 300 g/mol. The lowest BCUT2D eigenvalue weighted by Crippen LogP contribution is -2.54. The maximum absolute atomic E-state index is 12.8. The number of carbonyl (C=O) groups excluding carboxylic acids is 1. The molecule has 1 saturated carbocycles. The molecule has 114 valence electrons. The minimum Gasteiger partial charge on any atom is -0.481 e. The molecule has 0 aromatic carbocycles. The fourth-order valence-electron chi connectivity index (χ4n) is 3.21. The topological polar surface area (TPSA) is 60.9 Å². The molecule has 2 fully saturated rings. The van der Waals surface area contributed by atoms with Gasteiger partial charge in [-0.1, -0.05) is 12.8 Å². The Balaban J connectivity index is 2.04. The molecule has 1 aliphatic heterocycles. The second-order valence-electron chi connectivity index (χ2n) is 5.53. The van der Waals surface area contributed by atoms with Gasteiger partial charge >= 0.3 is 12.0 Å². The van der Waals surface area contributed by atoms with Crippen molar-refractivity contribution in [2.45, 2.75) is 51.1 Å². The van der Waals surface area contributed by atoms with Crippen LogP contribution in [0.5, 0.6) is 0 Å². The van der Waals surface area contributed by atoms with Gasteiger partial charge in [0.1, 0.15) is 0 Å². The molecule has 0 bridgehead atoms. The number of hydrogen-bond donors (Lipinski definition) is 1. The number of carboxylic acid groups (broad SMARTS) is 1. The Morgan fingerprint density at radius 1 is 1.35 bits per heavy atom. The lowest BCUT2D eigenvalue weighted by atomic mass is 10.2. The van der Waals surface area contributed by atoms with Crippen LogP contribution in [0.2, 0.25) is 0 Å². The van der Waals surface area contributed by atoms with Crippen molar-refractivity contribution in [2.24, 2.45) is 0 Å². The lowest BCUT2D eigenvalue weighted by molar-refractivity contribution is -0.138. The average molecular weight is 300 g/mol. The van der Waals surface area contributed by atoms with E-state index in [0.717, 1.165) is 24.3 Å². The van der Waals surface area contributed by atoms with E-state index in [1.165, 1.54) is 12.8 Å². The van der Waals surface area contributed by atoms with Gasteiger partial charge in [-0.25, -0.2) is 4.79 Å². The number of carboxylic acids is 1. The fraction of sp³-hybridized carbons (Fsp3) is 0.857. The third kappa shape index (κ3) is 3.59. The smallest absolute Gasteiger partial charge is 0.320 e. The lowest BCUT2D eigenvalue weighted by Gasteiger charge is -2.40. The van der Waals surface area contributed by atoms with Crippen molar-refractivity contribution in [3.8, 4) is 0 Å². The molecule has 1 aliphatic carbocycles. The first-order valence-electron chi connectivity index (χ1n) is 7.50. The number of amides is 2. The Morgan fingerprint density at radius 3 is 2.65 bits per heavy atom. The first-order chi connectivity index (χ1) is 9.63. The van der Waals surface area contributed by atoms with E-state index in [1.807, 2.05) is 11.8 Å². The van der Waals surface area contributed by atoms with E-state index in [-0.39, 0.29) is 18.5 Å². The summed E-state index contributed by atoms with van der Waals surface area (Å²) in [5.74, 6) is 0.823. The van der Waals surface area contributed by atoms with Gasteiger partial charge in [-0.15, -0.1) is 0 Å². The maximum Gasteiger partial charge on any atom is 0.320 e. The van der Waals surface area contributed by atoms with E-state index in [9.17, 15) is 9.59 Å². The zero-order valence-electron chi connectivity index (χ0n) is 12.1. The number of hydrogen-bond acceptors (Lipinski definition) is 3. The zero-order valence-corrected chi connectivity index (χ0v) is 12.9. The van der Waals surface area contributed by atoms with Crippen LogP contribution in [0.1, 0.15) is 39.0 Å². The van der Waals surface area contributed by atoms with Crippen LogP contribution in [0.15, 0.2) is 0 Å². The number of urea groups is 1. The van der Waals surface area contributed by atoms with Crippen molar-refractivity contribution in [2.75, 3.05) is 24.6 Å². The molecule has 1 N–H and O–H groups in total. The van der Waals surface area contributed by atoms with Gasteiger partial charge in [-0.05, 0) is 19.8 Å². The maximum atomic E-state index is 12.8. The average Bonchev–Trinajstić information content (AvgIpc) is 2.93. The second-order valence-corrected chi connectivity index (χ2v) is 6.68. The first kappa shape index (κ1) is 15.5. The van der Waals surface area contributed by atoms with E-state index in [4.69, 9.17) is 5.11 Å². The Morgan fingerprint density at radius 2 is 2.05 bits per heavy atom. The molecular weight excluding hydrogens is 276 g/mol. The molecule has 1 saturated heterocycles. The minimum absolute atomic E-state index is 0.0472. The summed E-state index contributed by atoms with van der Waals surface area (Å²) < 4.78 is 0. The van der Waals surface area contributed by atoms with Crippen LogP contribution in [0.4, 0.5) is 4.79 Å². The van der Waals surface area contributed by atoms with Crippen molar-refractivity contribution >= 4 is 23.8 Å². The Labute approximate surface area is 124 Å². The quantitative estimate of drug-likeness (QED) is 0.865. The van der Waals surface area contributed by atoms with Gasteiger partial charge in [0.05, 0.1) is 12.5 Å². The highest BCUT2D eigenvalue weighted by atomic mass is 32.2. The van der Waals surface area contributed by atoms with E-state index >= 15 is 0 Å². The van der Waals surface area contributed by atoms with E-state index < -0.39 is 5.97 Å². The highest BCUT2D eigenvalue weighted by molar-refractivity contribution is 7.99. The SMILES string of the molecule is CCN(C(=O)N1CCSCC1CC(=O)O)C1CCCC1. The van der Waals surface area contributed by atoms with Gasteiger partial charge in [-0.3, -0.25) is 4.79 Å². The van der Waals surface area contributed by atoms with Crippen LogP contribution in [0, 0.1) is 0 Å². The van der Waals surface area contributed by atoms with E-state index in [1.54, 1.807) is 16.7 Å². The standard InChI is InChI=1S/C14H24N2O3S/c1-2-15(11-5-3-4-6-11)14(19)16-7-8-20-10-12(16)9-13(17)18/h11-12H,2-10H2,1H3,(H,17,18). The molecule has 2 amide bonds. The van der Waals surface area contributed by atoms with Crippen LogP contribution in [0.25, 0.3) is 0 Å². The van der Waals surface area contributed by atoms with Gasteiger partial charge < -0.3 is 14.9 Å². The van der Waals surface area contributed by atoms with Gasteiger partial charge in [0, 0.05) is 30.6 Å². The number of rotatable bonds is 4. The molecule has 1 atom stereocenters. The van der Waals surface area contributed by atoms with E-state index in [0.29, 0.717) is 19.1 Å². The Kier molecular flexibility index (Phi) is 5.57. The number of thioether (sulfide) groups is 1. The van der Waals surface area contributed by atoms with Gasteiger partial charge in [0.2, 0.25) is 0 Å². The zero-order chi connectivity index (χ0) is 14.5. The molecule has 0 radical (unpaired) electrons. The summed E-state index contributed by atoms with van der Waals surface area (Å²) in [6.07, 6.45) is 4.63. The van der Waals surface area contributed by atoms with Gasteiger partial charge in [0.25, 0.3) is 0 Å². The van der Waals surface area contributed by atoms with Gasteiger partial charge in [-0.2, -0.15) is 11.8 Å². The third-order valence-electron chi connectivity index (χ3n) is 4.24. The highest BCUT2D eigenvalue weighted by Gasteiger charge is 2.34. The molecule has 5 nitrogen and oxygen atoms in total. The normalized spacial score (nSPS) is 23.9. The van der Waals surface area contributed by atoms with Crippen LogP contribution in [0.3, 0.4) is 0 Å². The van der Waals surface area contributed by atoms with Gasteiger partial charge in [0.15, 0.2) is 0 Å². The van der Waals surface area contributed by atoms with Crippen molar-refractivity contribution in [3.05, 3.63) is 0 Å². The second kappa shape index (κ2) is 7.20. The summed E-state index contributed by atoms with van der Waals surface area (Å²) in [6.45, 7) is 3.40. The fourth-order valence-corrected chi connectivity index (χ4v) is 4.27. The van der Waals surface area contributed by atoms with Crippen molar-refractivity contribution in [1.29, 1.82) is 0 Å². The molecule has 2 aliphatic rings. The van der Waals surface area contributed by atoms with Crippen LogP contribution < -0.4 is 0 Å². The van der Waals surface area contributed by atoms with Crippen LogP contribution in [-0.2, 0) is 4.79 Å². The summed E-state index contributed by atoms with van der Waals surface area (Å²) in [4.78, 5) is 27.5. The molecule has 6 heteroatoms. The first-order valence-corrected chi connectivity index (χ1v) is 8.65. The molecular formula is C14H24N2O3S. The van der Waals surface area contributed by atoms with Crippen LogP contribution >= 0.6 is 11.8 Å². The van der Waals surface area contributed by atoms with Crippen molar-refractivity contribution < 1.29 is 14.7 Å². The molecule has 1 unspecified atom stereocenters. The number of nitrogens with zero attached hydrogens (tertiary/aromatic N) is 2. The molecule has 1 heterocycles. The van der Waals surface area contributed by atoms with Crippen molar-refractivity contribution in [1.82, 2.24) is 9.80 Å². The summed E-state index contributed by atoms with van der Waals surface area (Å²) in [6, 6.07) is 0.243. The summed E-state index contributed by atoms with van der Waals surface area (Å²) in [5, 5.41) is 9.01. The molecule has 20 heavy (non-hydrogen) atoms. The summed E-state index contributed by atoms with van der Waals surface area (Å²) in [5.41, 5.74) is 0. The predicted molar refractivity (Wildman–Crippen MR) is 80.1 cm³/mol. The Bertz CT molecular complexity index is 358. The van der Waals surface area contributed by atoms with Crippen LogP contribution in [-0.4, -0.2) is 63.6 Å². The highest BCUT2D eigenvalue weighted by Crippen LogP contribution is 2.26. The van der Waals surface area contributed by atoms with Crippen molar-refractivity contribution in [3.63, 3.8) is 0 Å². The molecule has 0 aromatic rings. The number of aliphatic carboxylic acids is 1. The third-order valence-corrected chi connectivity index (χ3v) is 5.33. The largest absolute Gasteiger partial charge is 0.481 e. The summed E-state index contributed by atoms with van der Waals surface area (Å²) in [7, 11) is 0. The minimum atomic E-state index is -0.820.